The highest BCUT2D eigenvalue weighted by Gasteiger charge is 2.57. The van der Waals surface area contributed by atoms with Gasteiger partial charge in [0.1, 0.15) is 6.10 Å². The molecule has 4 aliphatic rings. The Hall–Kier alpha value is -1.31. The van der Waals surface area contributed by atoms with Crippen LogP contribution in [0.3, 0.4) is 0 Å². The van der Waals surface area contributed by atoms with E-state index in [4.69, 9.17) is 4.74 Å². The van der Waals surface area contributed by atoms with Crippen molar-refractivity contribution in [3.63, 3.8) is 0 Å². The molecule has 2 heteroatoms. The number of fused-ring (bicyclic) bond motifs is 5. The average Bonchev–Trinajstić information content (AvgIpc) is 3.37. The molecular weight excluding hydrogens is 548 g/mol. The first-order chi connectivity index (χ1) is 21.7. The molecule has 4 rings (SSSR count). The lowest BCUT2D eigenvalue weighted by atomic mass is 9.50. The number of carbonyl (C=O) groups is 1. The van der Waals surface area contributed by atoms with Gasteiger partial charge in [0.25, 0.3) is 0 Å². The van der Waals surface area contributed by atoms with E-state index in [9.17, 15) is 4.79 Å². The Morgan fingerprint density at radius 1 is 0.822 bits per heavy atom. The minimum absolute atomic E-state index is 0.0372. The Labute approximate surface area is 279 Å². The molecule has 0 N–H and O–H groups in total. The van der Waals surface area contributed by atoms with Crippen LogP contribution in [0.5, 0.6) is 0 Å². The summed E-state index contributed by atoms with van der Waals surface area (Å²) in [7, 11) is 0. The normalized spacial score (nSPS) is 31.7. The molecule has 256 valence electrons. The number of ether oxygens (including phenoxy) is 1. The molecule has 45 heavy (non-hydrogen) atoms. The van der Waals surface area contributed by atoms with Crippen molar-refractivity contribution in [3.05, 3.63) is 35.5 Å². The maximum Gasteiger partial charge on any atom is 0.306 e. The van der Waals surface area contributed by atoms with Crippen LogP contribution in [0.1, 0.15) is 183 Å². The molecule has 4 aliphatic carbocycles. The van der Waals surface area contributed by atoms with E-state index in [1.807, 2.05) is 0 Å². The van der Waals surface area contributed by atoms with E-state index in [0.29, 0.717) is 17.8 Å². The average molecular weight is 621 g/mol. The van der Waals surface area contributed by atoms with Gasteiger partial charge in [-0.2, -0.15) is 0 Å². The van der Waals surface area contributed by atoms with Crippen LogP contribution in [0, 0.1) is 40.4 Å². The van der Waals surface area contributed by atoms with Crippen LogP contribution in [0.2, 0.25) is 0 Å². The summed E-state index contributed by atoms with van der Waals surface area (Å²) < 4.78 is 6.09. The molecule has 0 heterocycles. The van der Waals surface area contributed by atoms with E-state index in [1.54, 1.807) is 11.1 Å². The number of rotatable bonds is 19. The Kier molecular flexibility index (Phi) is 14.4. The Morgan fingerprint density at radius 2 is 1.53 bits per heavy atom. The van der Waals surface area contributed by atoms with E-state index in [-0.39, 0.29) is 17.5 Å². The number of carbonyl (C=O) groups excluding carboxylic acids is 1. The highest BCUT2D eigenvalue weighted by Crippen LogP contribution is 2.66. The number of allylic oxidation sites excluding steroid dienone is 5. The molecule has 3 saturated carbocycles. The van der Waals surface area contributed by atoms with Gasteiger partial charge in [-0.25, -0.2) is 0 Å². The van der Waals surface area contributed by atoms with E-state index >= 15 is 0 Å². The molecule has 0 aromatic carbocycles. The minimum Gasteiger partial charge on any atom is -0.462 e. The molecular formula is C43H72O2. The van der Waals surface area contributed by atoms with Gasteiger partial charge in [0.05, 0.1) is 0 Å². The number of hydrogen-bond acceptors (Lipinski definition) is 2. The second kappa shape index (κ2) is 17.7. The lowest BCUT2D eigenvalue weighted by Gasteiger charge is -2.55. The van der Waals surface area contributed by atoms with Crippen LogP contribution in [0.4, 0.5) is 0 Å². The van der Waals surface area contributed by atoms with Crippen molar-refractivity contribution in [3.8, 4) is 0 Å². The summed E-state index contributed by atoms with van der Waals surface area (Å²) in [6.07, 6.45) is 37.2. The molecule has 0 bridgehead atoms. The number of esters is 1. The van der Waals surface area contributed by atoms with E-state index < -0.39 is 0 Å². The van der Waals surface area contributed by atoms with Crippen molar-refractivity contribution in [2.24, 2.45) is 40.4 Å². The topological polar surface area (TPSA) is 26.3 Å². The fourth-order valence-corrected chi connectivity index (χ4v) is 10.3. The Balaban J connectivity index is 1.18. The van der Waals surface area contributed by atoms with Gasteiger partial charge < -0.3 is 4.74 Å². The van der Waals surface area contributed by atoms with Crippen molar-refractivity contribution in [2.45, 2.75) is 189 Å². The third kappa shape index (κ3) is 9.63. The van der Waals surface area contributed by atoms with Crippen molar-refractivity contribution < 1.29 is 9.53 Å². The van der Waals surface area contributed by atoms with Crippen LogP contribution in [-0.4, -0.2) is 12.1 Å². The summed E-state index contributed by atoms with van der Waals surface area (Å²) in [5, 5.41) is 0. The zero-order valence-corrected chi connectivity index (χ0v) is 30.6. The molecule has 0 aromatic rings. The van der Waals surface area contributed by atoms with Gasteiger partial charge in [-0.3, -0.25) is 4.79 Å². The molecule has 7 atom stereocenters. The van der Waals surface area contributed by atoms with Gasteiger partial charge in [0.2, 0.25) is 0 Å². The van der Waals surface area contributed by atoms with Crippen LogP contribution in [-0.2, 0) is 9.53 Å². The summed E-state index contributed by atoms with van der Waals surface area (Å²) in [5.41, 5.74) is 4.11. The van der Waals surface area contributed by atoms with Crippen molar-refractivity contribution >= 4 is 5.97 Å². The second-order valence-electron chi connectivity index (χ2n) is 16.9. The standard InChI is InChI=1S/C43H72O2/c1-7-8-9-10-11-12-13-14-15-16-17-18-19-23-41(44)45-36-28-30-42(5)35(32-36)24-25-37-39-27-26-38(34(4)22-20-21-33(2)3)43(39,6)31-29-40(37)42/h12-13,24-25,33-34,36,38-40H,7-11,14-23,26-32H2,1-6H3/b13-12-/t34-,36+,38-,39+,40+,42+,43-/m1/s1. The number of hydrogen-bond donors (Lipinski definition) is 0. The van der Waals surface area contributed by atoms with Crippen molar-refractivity contribution in [2.75, 3.05) is 0 Å². The maximum atomic E-state index is 12.8. The predicted octanol–water partition coefficient (Wildman–Crippen LogP) is 13.1. The first-order valence-electron chi connectivity index (χ1n) is 19.9. The van der Waals surface area contributed by atoms with E-state index in [0.717, 1.165) is 49.4 Å². The second-order valence-corrected chi connectivity index (χ2v) is 16.9. The summed E-state index contributed by atoms with van der Waals surface area (Å²) in [6.45, 7) is 14.8. The third-order valence-electron chi connectivity index (χ3n) is 13.2. The van der Waals surface area contributed by atoms with Gasteiger partial charge in [-0.15, -0.1) is 0 Å². The van der Waals surface area contributed by atoms with Gasteiger partial charge in [-0.05, 0) is 111 Å². The van der Waals surface area contributed by atoms with Crippen LogP contribution >= 0.6 is 0 Å². The van der Waals surface area contributed by atoms with E-state index in [1.165, 1.54) is 109 Å². The Bertz CT molecular complexity index is 1000. The minimum atomic E-state index is 0.0372. The SMILES string of the molecule is CCCCCC/C=C\CCCCCCCC(=O)O[C@H]1CC[C@@]2(C)C(=CC=C3[C@@H]4CC[C@H]([C@H](C)CCCC(C)C)[C@@]4(C)CC[C@@H]32)C1. The first-order valence-corrected chi connectivity index (χ1v) is 19.9. The van der Waals surface area contributed by atoms with Crippen LogP contribution < -0.4 is 0 Å². The monoisotopic (exact) mass is 621 g/mol. The molecule has 0 unspecified atom stereocenters. The molecule has 0 aliphatic heterocycles. The zero-order valence-electron chi connectivity index (χ0n) is 30.6. The molecule has 2 nitrogen and oxygen atoms in total. The smallest absolute Gasteiger partial charge is 0.306 e. The Morgan fingerprint density at radius 3 is 2.27 bits per heavy atom. The van der Waals surface area contributed by atoms with Crippen molar-refractivity contribution in [1.82, 2.24) is 0 Å². The summed E-state index contributed by atoms with van der Waals surface area (Å²) in [6, 6.07) is 0. The molecule has 0 saturated heterocycles. The summed E-state index contributed by atoms with van der Waals surface area (Å²) in [4.78, 5) is 12.8. The van der Waals surface area contributed by atoms with Crippen LogP contribution in [0.15, 0.2) is 35.5 Å². The summed E-state index contributed by atoms with van der Waals surface area (Å²) >= 11 is 0. The zero-order chi connectivity index (χ0) is 32.3. The highest BCUT2D eigenvalue weighted by molar-refractivity contribution is 5.69. The largest absolute Gasteiger partial charge is 0.462 e. The van der Waals surface area contributed by atoms with Gasteiger partial charge in [-0.1, -0.05) is 135 Å². The lowest BCUT2D eigenvalue weighted by molar-refractivity contribution is -0.151. The highest BCUT2D eigenvalue weighted by atomic mass is 16.5. The quantitative estimate of drug-likeness (QED) is 0.0815. The maximum absolute atomic E-state index is 12.8. The molecule has 0 aromatic heterocycles. The lowest BCUT2D eigenvalue weighted by Crippen LogP contribution is -2.46. The first kappa shape index (κ1) is 36.5. The molecule has 0 amide bonds. The van der Waals surface area contributed by atoms with Gasteiger partial charge in [0.15, 0.2) is 0 Å². The predicted molar refractivity (Wildman–Crippen MR) is 193 cm³/mol. The van der Waals surface area contributed by atoms with Crippen LogP contribution in [0.25, 0.3) is 0 Å². The molecule has 3 fully saturated rings. The summed E-state index contributed by atoms with van der Waals surface area (Å²) in [5.74, 6) is 4.07. The molecule has 0 radical (unpaired) electrons. The number of unbranched alkanes of at least 4 members (excludes halogenated alkanes) is 9. The fraction of sp³-hybridized carbons (Fsp3) is 0.837. The fourth-order valence-electron chi connectivity index (χ4n) is 10.3. The van der Waals surface area contributed by atoms with Crippen molar-refractivity contribution in [1.29, 1.82) is 0 Å². The van der Waals surface area contributed by atoms with Gasteiger partial charge >= 0.3 is 5.97 Å². The van der Waals surface area contributed by atoms with Gasteiger partial charge in [0, 0.05) is 12.8 Å². The van der Waals surface area contributed by atoms with E-state index in [2.05, 4.69) is 65.8 Å². The molecule has 0 spiro atoms. The third-order valence-corrected chi connectivity index (χ3v) is 13.2.